The Kier molecular flexibility index (Phi) is 16.7. The maximum Gasteiger partial charge on any atom is 0.416 e. The van der Waals surface area contributed by atoms with Gasteiger partial charge in [-0.3, -0.25) is 19.4 Å². The summed E-state index contributed by atoms with van der Waals surface area (Å²) in [7, 11) is 5.99. The van der Waals surface area contributed by atoms with Gasteiger partial charge in [-0.15, -0.1) is 22.7 Å². The molecule has 0 saturated carbocycles. The first kappa shape index (κ1) is 56.8. The summed E-state index contributed by atoms with van der Waals surface area (Å²) in [6.45, 7) is 7.39. The van der Waals surface area contributed by atoms with E-state index >= 15 is 0 Å². The largest absolute Gasteiger partial charge is 0.497 e. The SMILES string of the molecule is COc1cccc(N2CCN(C3=Nc4ccsc4[C@@H](CC(=O)O)N3c3cc(C(F)(F)F)ccc3OC)C[C@H]2C)c1.COc1cccc(N2CCN(C3=Nc4ccsc4[C@H](CC(=O)O)N3c3cc(C(F)(F)F)ccc3OC)C[C@H]2C)c1. The maximum absolute atomic E-state index is 13.8. The van der Waals surface area contributed by atoms with Gasteiger partial charge in [0.25, 0.3) is 0 Å². The number of carboxylic acid groups (broad SMARTS) is 2. The number of guanidine groups is 2. The molecule has 0 aliphatic carbocycles. The molecule has 2 saturated heterocycles. The number of rotatable bonds is 12. The zero-order valence-electron chi connectivity index (χ0n) is 44.4. The van der Waals surface area contributed by atoms with Crippen LogP contribution in [0, 0.1) is 0 Å². The van der Waals surface area contributed by atoms with Crippen LogP contribution in [-0.2, 0) is 21.9 Å². The number of aliphatic carboxylic acids is 2. The Morgan fingerprint density at radius 3 is 1.30 bits per heavy atom. The molecule has 80 heavy (non-hydrogen) atoms. The van der Waals surface area contributed by atoms with Crippen molar-refractivity contribution in [1.82, 2.24) is 9.80 Å². The summed E-state index contributed by atoms with van der Waals surface area (Å²) < 4.78 is 105. The molecule has 2 fully saturated rings. The van der Waals surface area contributed by atoms with Crippen molar-refractivity contribution in [3.63, 3.8) is 0 Å². The second-order valence-corrected chi connectivity index (χ2v) is 21.2. The lowest BCUT2D eigenvalue weighted by Gasteiger charge is -2.47. The van der Waals surface area contributed by atoms with Gasteiger partial charge in [0.05, 0.1) is 97.0 Å². The number of nitrogens with zero attached hydrogens (tertiary/aromatic N) is 8. The zero-order valence-corrected chi connectivity index (χ0v) is 46.0. The fourth-order valence-electron chi connectivity index (χ4n) is 10.6. The van der Waals surface area contributed by atoms with Crippen LogP contribution in [0.15, 0.2) is 118 Å². The van der Waals surface area contributed by atoms with Gasteiger partial charge >= 0.3 is 24.3 Å². The molecule has 4 atom stereocenters. The van der Waals surface area contributed by atoms with Crippen molar-refractivity contribution in [2.75, 3.05) is 87.3 Å². The standard InChI is InChI=1S/2C28H29F3N4O4S/c2*1-17-16-33(10-11-34(17)19-5-4-6-20(14-19)38-2)27-32-21-9-12-40-26(21)23(15-25(36)37)35(27)22-13-18(28(29,30)31)7-8-24(22)39-3/h2*4-9,12-14,17,23H,10-11,15-16H2,1-3H3,(H,36,37)/t17-,23+;17-,23-/m11/s1. The molecule has 4 aliphatic heterocycles. The van der Waals surface area contributed by atoms with Gasteiger partial charge in [0.2, 0.25) is 11.9 Å². The van der Waals surface area contributed by atoms with Crippen LogP contribution in [-0.4, -0.2) is 124 Å². The number of methoxy groups -OCH3 is 4. The summed E-state index contributed by atoms with van der Waals surface area (Å²) in [4.78, 5) is 46.9. The van der Waals surface area contributed by atoms with Crippen LogP contribution in [0.3, 0.4) is 0 Å². The highest BCUT2D eigenvalue weighted by Crippen LogP contribution is 2.50. The number of thiophene rings is 2. The number of piperazine rings is 2. The van der Waals surface area contributed by atoms with Crippen LogP contribution in [0.2, 0.25) is 0 Å². The number of halogens is 6. The lowest BCUT2D eigenvalue weighted by molar-refractivity contribution is -0.138. The Labute approximate surface area is 465 Å². The molecule has 6 heterocycles. The van der Waals surface area contributed by atoms with Crippen LogP contribution in [0.1, 0.15) is 59.7 Å². The quantitative estimate of drug-likeness (QED) is 0.112. The minimum absolute atomic E-state index is 0.00982. The summed E-state index contributed by atoms with van der Waals surface area (Å²) in [5.74, 6) is 0.522. The Hall–Kier alpha value is -7.86. The second kappa shape index (κ2) is 23.5. The maximum atomic E-state index is 13.8. The number of fused-ring (bicyclic) bond motifs is 2. The van der Waals surface area contributed by atoms with E-state index < -0.39 is 47.5 Å². The highest BCUT2D eigenvalue weighted by molar-refractivity contribution is 7.11. The third-order valence-corrected chi connectivity index (χ3v) is 16.3. The van der Waals surface area contributed by atoms with Gasteiger partial charge in [-0.2, -0.15) is 26.3 Å². The van der Waals surface area contributed by atoms with E-state index in [1.54, 1.807) is 24.0 Å². The normalized spacial score (nSPS) is 19.2. The Bertz CT molecular complexity index is 3070. The van der Waals surface area contributed by atoms with Gasteiger partial charge < -0.3 is 48.8 Å². The summed E-state index contributed by atoms with van der Waals surface area (Å²) >= 11 is 2.67. The molecule has 0 radical (unpaired) electrons. The van der Waals surface area contributed by atoms with E-state index in [9.17, 15) is 46.1 Å². The van der Waals surface area contributed by atoms with Gasteiger partial charge in [0, 0.05) is 74.9 Å². The summed E-state index contributed by atoms with van der Waals surface area (Å²) in [5, 5.41) is 23.3. The predicted octanol–water partition coefficient (Wildman–Crippen LogP) is 12.0. The highest BCUT2D eigenvalue weighted by Gasteiger charge is 2.43. The highest BCUT2D eigenvalue weighted by atomic mass is 32.1. The van der Waals surface area contributed by atoms with Crippen molar-refractivity contribution in [2.24, 2.45) is 9.98 Å². The van der Waals surface area contributed by atoms with Crippen molar-refractivity contribution in [3.05, 3.63) is 129 Å². The van der Waals surface area contributed by atoms with Crippen molar-refractivity contribution in [1.29, 1.82) is 0 Å². The van der Waals surface area contributed by atoms with E-state index in [1.807, 2.05) is 81.2 Å². The monoisotopic (exact) mass is 1150 g/mol. The molecule has 424 valence electrons. The summed E-state index contributed by atoms with van der Waals surface area (Å²) in [6, 6.07) is 24.1. The number of aliphatic imine (C=N–C) groups is 2. The first-order valence-electron chi connectivity index (χ1n) is 25.4. The van der Waals surface area contributed by atoms with Crippen molar-refractivity contribution >= 4 is 80.7 Å². The van der Waals surface area contributed by atoms with Gasteiger partial charge in [-0.1, -0.05) is 12.1 Å². The van der Waals surface area contributed by atoms with E-state index in [-0.39, 0.29) is 47.8 Å². The van der Waals surface area contributed by atoms with E-state index in [1.165, 1.54) is 49.0 Å². The smallest absolute Gasteiger partial charge is 0.416 e. The molecule has 16 nitrogen and oxygen atoms in total. The van der Waals surface area contributed by atoms with E-state index in [4.69, 9.17) is 28.9 Å². The zero-order chi connectivity index (χ0) is 57.2. The van der Waals surface area contributed by atoms with E-state index in [0.29, 0.717) is 72.3 Å². The molecule has 2 aromatic heterocycles. The Morgan fingerprint density at radius 1 is 0.562 bits per heavy atom. The third kappa shape index (κ3) is 11.9. The molecule has 0 amide bonds. The molecule has 0 unspecified atom stereocenters. The van der Waals surface area contributed by atoms with Gasteiger partial charge in [-0.25, -0.2) is 9.98 Å². The molecule has 24 heteroatoms. The van der Waals surface area contributed by atoms with Crippen molar-refractivity contribution in [3.8, 4) is 23.0 Å². The molecule has 4 aliphatic rings. The number of carboxylic acids is 2. The number of alkyl halides is 6. The molecular weight excluding hydrogens is 1090 g/mol. The molecule has 6 aromatic rings. The van der Waals surface area contributed by atoms with Crippen molar-refractivity contribution < 1.29 is 65.1 Å². The predicted molar refractivity (Wildman–Crippen MR) is 297 cm³/mol. The number of hydrogen-bond acceptors (Lipinski definition) is 16. The summed E-state index contributed by atoms with van der Waals surface area (Å²) in [6.07, 6.45) is -9.85. The summed E-state index contributed by atoms with van der Waals surface area (Å²) in [5.41, 5.74) is 1.76. The first-order valence-corrected chi connectivity index (χ1v) is 27.1. The third-order valence-electron chi connectivity index (χ3n) is 14.3. The molecule has 0 bridgehead atoms. The van der Waals surface area contributed by atoms with Crippen LogP contribution < -0.4 is 38.5 Å². The number of hydrogen-bond donors (Lipinski definition) is 2. The molecular formula is C56H58F6N8O8S2. The lowest BCUT2D eigenvalue weighted by Crippen LogP contribution is -2.58. The van der Waals surface area contributed by atoms with Crippen molar-refractivity contribution in [2.45, 2.75) is 63.2 Å². The second-order valence-electron chi connectivity index (χ2n) is 19.3. The van der Waals surface area contributed by atoms with Crippen LogP contribution in [0.4, 0.5) is 60.5 Å². The Morgan fingerprint density at radius 2 is 0.963 bits per heavy atom. The van der Waals surface area contributed by atoms with Gasteiger partial charge in [-0.05, 0) is 97.4 Å². The molecule has 10 rings (SSSR count). The van der Waals surface area contributed by atoms with Crippen LogP contribution in [0.25, 0.3) is 0 Å². The number of carbonyl (C=O) groups is 2. The lowest BCUT2D eigenvalue weighted by atomic mass is 10.0. The fraction of sp³-hybridized carbons (Fsp3) is 0.357. The Balaban J connectivity index is 0.000000194. The average molecular weight is 1150 g/mol. The first-order chi connectivity index (χ1) is 38.2. The molecule has 2 N–H and O–H groups in total. The average Bonchev–Trinajstić information content (AvgIpc) is 4.17. The number of anilines is 4. The number of ether oxygens (including phenoxy) is 4. The minimum atomic E-state index is -4.60. The minimum Gasteiger partial charge on any atom is -0.497 e. The molecule has 4 aromatic carbocycles. The van der Waals surface area contributed by atoms with Crippen LogP contribution >= 0.6 is 22.7 Å². The van der Waals surface area contributed by atoms with Crippen LogP contribution in [0.5, 0.6) is 23.0 Å². The fourth-order valence-corrected chi connectivity index (χ4v) is 12.4. The van der Waals surface area contributed by atoms with E-state index in [2.05, 4.69) is 23.6 Å². The molecule has 0 spiro atoms. The van der Waals surface area contributed by atoms with Gasteiger partial charge in [0.1, 0.15) is 23.0 Å². The topological polar surface area (TPSA) is 156 Å². The number of benzene rings is 4. The van der Waals surface area contributed by atoms with E-state index in [0.717, 1.165) is 47.1 Å². The van der Waals surface area contributed by atoms with Gasteiger partial charge in [0.15, 0.2) is 0 Å².